The van der Waals surface area contributed by atoms with Crippen molar-refractivity contribution >= 4 is 15.9 Å². The first-order chi connectivity index (χ1) is 9.10. The van der Waals surface area contributed by atoms with E-state index in [9.17, 15) is 0 Å². The number of halogens is 1. The van der Waals surface area contributed by atoms with Crippen LogP contribution in [0.25, 0.3) is 0 Å². The minimum Gasteiger partial charge on any atom is -0.457 e. The zero-order valence-corrected chi connectivity index (χ0v) is 13.0. The summed E-state index contributed by atoms with van der Waals surface area (Å²) >= 11 is 3.46. The number of nitrogens with one attached hydrogen (secondary N) is 1. The maximum Gasteiger partial charge on any atom is 0.130 e. The average molecular weight is 320 g/mol. The van der Waals surface area contributed by atoms with Crippen LogP contribution >= 0.6 is 15.9 Å². The molecule has 0 amide bonds. The van der Waals surface area contributed by atoms with Gasteiger partial charge in [-0.25, -0.2) is 0 Å². The molecule has 0 aliphatic carbocycles. The summed E-state index contributed by atoms with van der Waals surface area (Å²) in [5, 5.41) is 3.23. The second kappa shape index (κ2) is 6.22. The number of rotatable bonds is 4. The van der Waals surface area contributed by atoms with Crippen LogP contribution in [0.15, 0.2) is 46.9 Å². The molecule has 3 heteroatoms. The second-order valence-electron chi connectivity index (χ2n) is 4.59. The van der Waals surface area contributed by atoms with Crippen molar-refractivity contribution < 1.29 is 4.74 Å². The molecule has 0 fully saturated rings. The van der Waals surface area contributed by atoms with Crippen LogP contribution in [0.5, 0.6) is 11.5 Å². The van der Waals surface area contributed by atoms with Crippen molar-refractivity contribution in [3.8, 4) is 11.5 Å². The highest BCUT2D eigenvalue weighted by Gasteiger charge is 2.06. The van der Waals surface area contributed by atoms with Gasteiger partial charge in [0.2, 0.25) is 0 Å². The van der Waals surface area contributed by atoms with Crippen LogP contribution < -0.4 is 10.1 Å². The summed E-state index contributed by atoms with van der Waals surface area (Å²) in [4.78, 5) is 0. The van der Waals surface area contributed by atoms with E-state index in [1.165, 1.54) is 5.56 Å². The first-order valence-corrected chi connectivity index (χ1v) is 7.10. The van der Waals surface area contributed by atoms with Gasteiger partial charge in [-0.1, -0.05) is 28.1 Å². The predicted octanol–water partition coefficient (Wildman–Crippen LogP) is 4.83. The molecule has 0 heterocycles. The molecule has 2 nitrogen and oxygen atoms in total. The zero-order chi connectivity index (χ0) is 13.8. The molecule has 2 rings (SSSR count). The molecule has 0 saturated heterocycles. The molecule has 1 atom stereocenters. The highest BCUT2D eigenvalue weighted by molar-refractivity contribution is 9.10. The topological polar surface area (TPSA) is 21.3 Å². The minimum atomic E-state index is 0.314. The van der Waals surface area contributed by atoms with E-state index in [1.807, 2.05) is 38.2 Å². The van der Waals surface area contributed by atoms with Crippen molar-refractivity contribution in [2.24, 2.45) is 0 Å². The molecule has 0 bridgehead atoms. The van der Waals surface area contributed by atoms with Gasteiger partial charge in [0.25, 0.3) is 0 Å². The maximum absolute atomic E-state index is 5.95. The second-order valence-corrected chi connectivity index (χ2v) is 5.51. The van der Waals surface area contributed by atoms with Gasteiger partial charge in [0, 0.05) is 10.5 Å². The highest BCUT2D eigenvalue weighted by Crippen LogP contribution is 2.28. The summed E-state index contributed by atoms with van der Waals surface area (Å²) < 4.78 is 7.02. The van der Waals surface area contributed by atoms with Gasteiger partial charge in [-0.2, -0.15) is 0 Å². The van der Waals surface area contributed by atoms with Crippen LogP contribution in [0.2, 0.25) is 0 Å². The van der Waals surface area contributed by atoms with Gasteiger partial charge in [-0.15, -0.1) is 0 Å². The molecule has 19 heavy (non-hydrogen) atoms. The van der Waals surface area contributed by atoms with Gasteiger partial charge in [-0.05, 0) is 62.4 Å². The van der Waals surface area contributed by atoms with Crippen molar-refractivity contribution in [1.82, 2.24) is 5.32 Å². The number of aryl methyl sites for hydroxylation is 1. The van der Waals surface area contributed by atoms with Gasteiger partial charge in [-0.3, -0.25) is 0 Å². The fraction of sp³-hybridized carbons (Fsp3) is 0.250. The molecule has 2 aromatic carbocycles. The third-order valence-corrected chi connectivity index (χ3v) is 3.65. The maximum atomic E-state index is 5.95. The van der Waals surface area contributed by atoms with Crippen LogP contribution in [-0.4, -0.2) is 7.05 Å². The smallest absolute Gasteiger partial charge is 0.130 e. The molecule has 1 N–H and O–H groups in total. The lowest BCUT2D eigenvalue weighted by molar-refractivity contribution is 0.477. The van der Waals surface area contributed by atoms with E-state index in [-0.39, 0.29) is 0 Å². The summed E-state index contributed by atoms with van der Waals surface area (Å²) in [7, 11) is 1.96. The highest BCUT2D eigenvalue weighted by atomic mass is 79.9. The Labute approximate surface area is 122 Å². The Hall–Kier alpha value is -1.32. The van der Waals surface area contributed by atoms with Crippen LogP contribution in [0.4, 0.5) is 0 Å². The number of benzene rings is 2. The Bertz CT molecular complexity index is 568. The van der Waals surface area contributed by atoms with Gasteiger partial charge < -0.3 is 10.1 Å². The van der Waals surface area contributed by atoms with Crippen LogP contribution in [0, 0.1) is 6.92 Å². The monoisotopic (exact) mass is 319 g/mol. The molecular weight excluding hydrogens is 302 g/mol. The standard InChI is InChI=1S/C16H18BrNO/c1-11-9-14(17)7-8-16(11)19-15-6-4-5-13(10-15)12(2)18-3/h4-10,12,18H,1-3H3. The Morgan fingerprint density at radius 2 is 1.95 bits per heavy atom. The van der Waals surface area contributed by atoms with Crippen LogP contribution in [0.1, 0.15) is 24.1 Å². The number of ether oxygens (including phenoxy) is 1. The third-order valence-electron chi connectivity index (χ3n) is 3.16. The van der Waals surface area contributed by atoms with Crippen molar-refractivity contribution in [3.63, 3.8) is 0 Å². The van der Waals surface area contributed by atoms with Gasteiger partial charge in [0.05, 0.1) is 0 Å². The Balaban J connectivity index is 2.23. The van der Waals surface area contributed by atoms with E-state index >= 15 is 0 Å². The van der Waals surface area contributed by atoms with Crippen molar-refractivity contribution in [2.45, 2.75) is 19.9 Å². The first kappa shape index (κ1) is 14.1. The lowest BCUT2D eigenvalue weighted by atomic mass is 10.1. The summed E-state index contributed by atoms with van der Waals surface area (Å²) in [6.45, 7) is 4.17. The largest absolute Gasteiger partial charge is 0.457 e. The third kappa shape index (κ3) is 3.58. The van der Waals surface area contributed by atoms with E-state index in [0.29, 0.717) is 6.04 Å². The molecule has 0 aliphatic heterocycles. The van der Waals surface area contributed by atoms with E-state index in [0.717, 1.165) is 21.5 Å². The first-order valence-electron chi connectivity index (χ1n) is 6.31. The summed E-state index contributed by atoms with van der Waals surface area (Å²) in [6.07, 6.45) is 0. The Morgan fingerprint density at radius 1 is 1.16 bits per heavy atom. The molecular formula is C16H18BrNO. The lowest BCUT2D eigenvalue weighted by Crippen LogP contribution is -2.12. The summed E-state index contributed by atoms with van der Waals surface area (Å²) in [5.41, 5.74) is 2.33. The number of hydrogen-bond acceptors (Lipinski definition) is 2. The van der Waals surface area contributed by atoms with E-state index in [2.05, 4.69) is 46.4 Å². The minimum absolute atomic E-state index is 0.314. The average Bonchev–Trinajstić information content (AvgIpc) is 2.41. The van der Waals surface area contributed by atoms with Crippen LogP contribution in [0.3, 0.4) is 0 Å². The Kier molecular flexibility index (Phi) is 4.61. The van der Waals surface area contributed by atoms with Gasteiger partial charge in [0.1, 0.15) is 11.5 Å². The van der Waals surface area contributed by atoms with Crippen molar-refractivity contribution in [2.75, 3.05) is 7.05 Å². The van der Waals surface area contributed by atoms with E-state index < -0.39 is 0 Å². The molecule has 0 aliphatic rings. The fourth-order valence-electron chi connectivity index (χ4n) is 1.87. The molecule has 100 valence electrons. The quantitative estimate of drug-likeness (QED) is 0.871. The van der Waals surface area contributed by atoms with E-state index in [1.54, 1.807) is 0 Å². The molecule has 2 aromatic rings. The molecule has 1 unspecified atom stereocenters. The SMILES string of the molecule is CNC(C)c1cccc(Oc2ccc(Br)cc2C)c1. The van der Waals surface area contributed by atoms with Crippen LogP contribution in [-0.2, 0) is 0 Å². The Morgan fingerprint density at radius 3 is 2.63 bits per heavy atom. The molecule has 0 spiro atoms. The number of hydrogen-bond donors (Lipinski definition) is 1. The van der Waals surface area contributed by atoms with Gasteiger partial charge in [0.15, 0.2) is 0 Å². The van der Waals surface area contributed by atoms with Crippen molar-refractivity contribution in [1.29, 1.82) is 0 Å². The van der Waals surface area contributed by atoms with Crippen molar-refractivity contribution in [3.05, 3.63) is 58.1 Å². The molecule has 0 aromatic heterocycles. The van der Waals surface area contributed by atoms with Gasteiger partial charge >= 0.3 is 0 Å². The van der Waals surface area contributed by atoms with E-state index in [4.69, 9.17) is 4.74 Å². The summed E-state index contributed by atoms with van der Waals surface area (Å²) in [5.74, 6) is 1.75. The summed E-state index contributed by atoms with van der Waals surface area (Å²) in [6, 6.07) is 14.5. The zero-order valence-electron chi connectivity index (χ0n) is 11.4. The molecule has 0 radical (unpaired) electrons. The molecule has 0 saturated carbocycles. The lowest BCUT2D eigenvalue weighted by Gasteiger charge is -2.13. The predicted molar refractivity (Wildman–Crippen MR) is 82.9 cm³/mol. The fourth-order valence-corrected chi connectivity index (χ4v) is 2.34. The normalized spacial score (nSPS) is 12.2.